The molecule has 1 heterocycles. The second-order valence-electron chi connectivity index (χ2n) is 7.22. The number of likely N-dealkylation sites (tertiary alicyclic amines) is 1. The Kier molecular flexibility index (Phi) is 5.82. The molecular weight excluding hydrogens is 399 g/mol. The lowest BCUT2D eigenvalue weighted by atomic mass is 10.0. The van der Waals surface area contributed by atoms with Crippen molar-refractivity contribution in [1.82, 2.24) is 4.90 Å². The first kappa shape index (κ1) is 21.4. The molecule has 2 aromatic rings. The van der Waals surface area contributed by atoms with Crippen LogP contribution in [0.1, 0.15) is 33.5 Å². The minimum atomic E-state index is -4.47. The fraction of sp³-hybridized carbons (Fsp3) is 0.286. The maximum atomic E-state index is 12.9. The number of carbonyl (C=O) groups is 3. The Bertz CT molecular complexity index is 1000. The molecule has 1 aliphatic heterocycles. The molecule has 3 amide bonds. The van der Waals surface area contributed by atoms with Gasteiger partial charge in [0.1, 0.15) is 0 Å². The van der Waals surface area contributed by atoms with Gasteiger partial charge >= 0.3 is 6.18 Å². The molecule has 3 N–H and O–H groups in total. The Morgan fingerprint density at radius 1 is 1.20 bits per heavy atom. The van der Waals surface area contributed by atoms with E-state index < -0.39 is 29.5 Å². The number of nitrogens with two attached hydrogens (primary N) is 1. The molecule has 1 saturated heterocycles. The van der Waals surface area contributed by atoms with Gasteiger partial charge in [-0.25, -0.2) is 0 Å². The number of hydrogen-bond donors (Lipinski definition) is 2. The van der Waals surface area contributed by atoms with Gasteiger partial charge in [0.15, 0.2) is 0 Å². The van der Waals surface area contributed by atoms with Gasteiger partial charge in [0.25, 0.3) is 5.91 Å². The van der Waals surface area contributed by atoms with E-state index in [0.717, 1.165) is 12.1 Å². The summed E-state index contributed by atoms with van der Waals surface area (Å²) in [4.78, 5) is 38.0. The minimum absolute atomic E-state index is 0.0243. The SMILES string of the molecule is Cc1cccc(NC(=O)C2CC(=O)N(Cc3cccc(C(F)(F)F)c3)C2)c1C(N)=O. The first-order valence-corrected chi connectivity index (χ1v) is 9.20. The van der Waals surface area contributed by atoms with E-state index >= 15 is 0 Å². The third-order valence-electron chi connectivity index (χ3n) is 4.99. The zero-order valence-corrected chi connectivity index (χ0v) is 16.1. The standard InChI is InChI=1S/C21H20F3N3O3/c1-12-4-2-7-16(18(12)19(25)29)26-20(30)14-9-17(28)27(11-14)10-13-5-3-6-15(8-13)21(22,23)24/h2-8,14H,9-11H2,1H3,(H2,25,29)(H,26,30). The molecule has 1 fully saturated rings. The molecule has 9 heteroatoms. The molecule has 2 aromatic carbocycles. The molecule has 6 nitrogen and oxygen atoms in total. The summed E-state index contributed by atoms with van der Waals surface area (Å²) in [6, 6.07) is 9.63. The first-order chi connectivity index (χ1) is 14.1. The summed E-state index contributed by atoms with van der Waals surface area (Å²) in [5.41, 5.74) is 5.98. The van der Waals surface area contributed by atoms with Crippen LogP contribution >= 0.6 is 0 Å². The van der Waals surface area contributed by atoms with Crippen molar-refractivity contribution in [2.45, 2.75) is 26.1 Å². The molecule has 0 aromatic heterocycles. The predicted molar refractivity (Wildman–Crippen MR) is 103 cm³/mol. The Morgan fingerprint density at radius 3 is 2.57 bits per heavy atom. The van der Waals surface area contributed by atoms with E-state index in [1.54, 1.807) is 25.1 Å². The van der Waals surface area contributed by atoms with Crippen LogP contribution in [0.2, 0.25) is 0 Å². The summed E-state index contributed by atoms with van der Waals surface area (Å²) >= 11 is 0. The molecular formula is C21H20F3N3O3. The number of alkyl halides is 3. The highest BCUT2D eigenvalue weighted by molar-refractivity contribution is 6.05. The van der Waals surface area contributed by atoms with Gasteiger partial charge in [0.05, 0.1) is 22.7 Å². The molecule has 0 radical (unpaired) electrons. The van der Waals surface area contributed by atoms with Crippen molar-refractivity contribution in [3.05, 3.63) is 64.7 Å². The number of nitrogens with zero attached hydrogens (tertiary/aromatic N) is 1. The topological polar surface area (TPSA) is 92.5 Å². The van der Waals surface area contributed by atoms with Crippen molar-refractivity contribution >= 4 is 23.4 Å². The van der Waals surface area contributed by atoms with Crippen LogP contribution in [0.4, 0.5) is 18.9 Å². The highest BCUT2D eigenvalue weighted by Gasteiger charge is 2.35. The van der Waals surface area contributed by atoms with Crippen LogP contribution < -0.4 is 11.1 Å². The summed E-state index contributed by atoms with van der Waals surface area (Å²) in [7, 11) is 0. The van der Waals surface area contributed by atoms with Crippen LogP contribution in [0.3, 0.4) is 0 Å². The lowest BCUT2D eigenvalue weighted by Crippen LogP contribution is -2.29. The Morgan fingerprint density at radius 2 is 1.90 bits per heavy atom. The van der Waals surface area contributed by atoms with Gasteiger partial charge < -0.3 is 16.0 Å². The fourth-order valence-corrected chi connectivity index (χ4v) is 3.50. The second kappa shape index (κ2) is 8.17. The monoisotopic (exact) mass is 419 g/mol. The van der Waals surface area contributed by atoms with Crippen LogP contribution in [0.25, 0.3) is 0 Å². The average Bonchev–Trinajstić information content (AvgIpc) is 3.01. The number of nitrogens with one attached hydrogen (secondary N) is 1. The maximum absolute atomic E-state index is 12.9. The molecule has 3 rings (SSSR count). The zero-order valence-electron chi connectivity index (χ0n) is 16.1. The van der Waals surface area contributed by atoms with Crippen LogP contribution in [0.15, 0.2) is 42.5 Å². The van der Waals surface area contributed by atoms with E-state index in [1.165, 1.54) is 17.0 Å². The van der Waals surface area contributed by atoms with E-state index in [0.29, 0.717) is 11.1 Å². The molecule has 0 spiro atoms. The lowest BCUT2D eigenvalue weighted by molar-refractivity contribution is -0.137. The van der Waals surface area contributed by atoms with E-state index in [2.05, 4.69) is 5.32 Å². The van der Waals surface area contributed by atoms with Crippen LogP contribution in [-0.2, 0) is 22.3 Å². The van der Waals surface area contributed by atoms with Crippen molar-refractivity contribution in [3.8, 4) is 0 Å². The Labute approximate surface area is 170 Å². The minimum Gasteiger partial charge on any atom is -0.366 e. The summed E-state index contributed by atoms with van der Waals surface area (Å²) < 4.78 is 38.7. The third-order valence-corrected chi connectivity index (χ3v) is 4.99. The molecule has 1 unspecified atom stereocenters. The second-order valence-corrected chi connectivity index (χ2v) is 7.22. The van der Waals surface area contributed by atoms with E-state index in [1.807, 2.05) is 0 Å². The first-order valence-electron chi connectivity index (χ1n) is 9.20. The van der Waals surface area contributed by atoms with Crippen LogP contribution in [0.5, 0.6) is 0 Å². The zero-order chi connectivity index (χ0) is 22.1. The van der Waals surface area contributed by atoms with Gasteiger partial charge in [-0.3, -0.25) is 14.4 Å². The number of benzene rings is 2. The number of amides is 3. The van der Waals surface area contributed by atoms with Crippen molar-refractivity contribution < 1.29 is 27.6 Å². The fourth-order valence-electron chi connectivity index (χ4n) is 3.50. The summed E-state index contributed by atoms with van der Waals surface area (Å²) in [6.45, 7) is 1.73. The Hall–Kier alpha value is -3.36. The van der Waals surface area contributed by atoms with Crippen molar-refractivity contribution in [3.63, 3.8) is 0 Å². The summed E-state index contributed by atoms with van der Waals surface area (Å²) in [5.74, 6) is -2.16. The molecule has 158 valence electrons. The highest BCUT2D eigenvalue weighted by Crippen LogP contribution is 2.30. The third kappa shape index (κ3) is 4.61. The number of hydrogen-bond acceptors (Lipinski definition) is 3. The number of anilines is 1. The van der Waals surface area contributed by atoms with Gasteiger partial charge in [0.2, 0.25) is 11.8 Å². The number of halogens is 3. The van der Waals surface area contributed by atoms with E-state index in [4.69, 9.17) is 5.73 Å². The number of primary amides is 1. The smallest absolute Gasteiger partial charge is 0.366 e. The normalized spacial score (nSPS) is 16.6. The van der Waals surface area contributed by atoms with Gasteiger partial charge in [-0.05, 0) is 36.2 Å². The summed E-state index contributed by atoms with van der Waals surface area (Å²) in [5, 5.41) is 2.64. The van der Waals surface area contributed by atoms with Gasteiger partial charge in [0, 0.05) is 19.5 Å². The number of aryl methyl sites for hydroxylation is 1. The molecule has 1 atom stereocenters. The van der Waals surface area contributed by atoms with Gasteiger partial charge in [-0.1, -0.05) is 24.3 Å². The quantitative estimate of drug-likeness (QED) is 0.780. The number of carbonyl (C=O) groups excluding carboxylic acids is 3. The maximum Gasteiger partial charge on any atom is 0.416 e. The highest BCUT2D eigenvalue weighted by atomic mass is 19.4. The van der Waals surface area contributed by atoms with Gasteiger partial charge in [-0.2, -0.15) is 13.2 Å². The van der Waals surface area contributed by atoms with Crippen molar-refractivity contribution in [2.75, 3.05) is 11.9 Å². The molecule has 0 bridgehead atoms. The van der Waals surface area contributed by atoms with E-state index in [9.17, 15) is 27.6 Å². The van der Waals surface area contributed by atoms with Crippen molar-refractivity contribution in [2.24, 2.45) is 11.7 Å². The largest absolute Gasteiger partial charge is 0.416 e. The van der Waals surface area contributed by atoms with E-state index in [-0.39, 0.29) is 36.7 Å². The molecule has 30 heavy (non-hydrogen) atoms. The van der Waals surface area contributed by atoms with Gasteiger partial charge in [-0.15, -0.1) is 0 Å². The molecule has 1 aliphatic rings. The molecule has 0 saturated carbocycles. The molecule has 0 aliphatic carbocycles. The number of rotatable bonds is 5. The average molecular weight is 419 g/mol. The van der Waals surface area contributed by atoms with Crippen molar-refractivity contribution in [1.29, 1.82) is 0 Å². The Balaban J connectivity index is 1.70. The lowest BCUT2D eigenvalue weighted by Gasteiger charge is -2.18. The van der Waals surface area contributed by atoms with Crippen LogP contribution in [0, 0.1) is 12.8 Å². The summed E-state index contributed by atoms with van der Waals surface area (Å²) in [6.07, 6.45) is -4.54. The predicted octanol–water partition coefficient (Wildman–Crippen LogP) is 3.10. The van der Waals surface area contributed by atoms with Crippen LogP contribution in [-0.4, -0.2) is 29.2 Å².